The predicted octanol–water partition coefficient (Wildman–Crippen LogP) is 4.78. The summed E-state index contributed by atoms with van der Waals surface area (Å²) in [4.78, 5) is 0. The summed E-state index contributed by atoms with van der Waals surface area (Å²) < 4.78 is 0. The molecule has 0 saturated carbocycles. The molecular weight excluding hydrogens is 192 g/mol. The number of allylic oxidation sites excluding steroid dienone is 2. The van der Waals surface area contributed by atoms with Gasteiger partial charge in [-0.2, -0.15) is 0 Å². The Morgan fingerprint density at radius 2 is 2.00 bits per heavy atom. The van der Waals surface area contributed by atoms with Gasteiger partial charge in [0.15, 0.2) is 0 Å². The van der Waals surface area contributed by atoms with Crippen molar-refractivity contribution in [2.45, 2.75) is 34.1 Å². The molecule has 0 heteroatoms. The minimum atomic E-state index is 0.157. The highest BCUT2D eigenvalue weighted by Crippen LogP contribution is 2.26. The third-order valence-electron chi connectivity index (χ3n) is 2.95. The fourth-order valence-electron chi connectivity index (χ4n) is 1.86. The van der Waals surface area contributed by atoms with Crippen molar-refractivity contribution >= 4 is 6.08 Å². The van der Waals surface area contributed by atoms with Crippen LogP contribution in [0.15, 0.2) is 36.9 Å². The summed E-state index contributed by atoms with van der Waals surface area (Å²) in [5.74, 6) is 0. The minimum Gasteiger partial charge on any atom is -0.103 e. The Bertz CT molecular complexity index is 394. The summed E-state index contributed by atoms with van der Waals surface area (Å²) in [6.07, 6.45) is 7.38. The third-order valence-corrected chi connectivity index (χ3v) is 2.95. The first-order valence-electron chi connectivity index (χ1n) is 5.85. The maximum absolute atomic E-state index is 3.91. The van der Waals surface area contributed by atoms with E-state index in [0.717, 1.165) is 6.42 Å². The highest BCUT2D eigenvalue weighted by molar-refractivity contribution is 5.57. The van der Waals surface area contributed by atoms with Crippen LogP contribution in [0.25, 0.3) is 6.08 Å². The average molecular weight is 214 g/mol. The topological polar surface area (TPSA) is 0 Å². The van der Waals surface area contributed by atoms with Crippen LogP contribution in [0.4, 0.5) is 0 Å². The molecule has 0 fully saturated rings. The SMILES string of the molecule is C=CC(C)(C)Cc1cccc(C)c1/C=C\C. The molecule has 1 aromatic carbocycles. The fourth-order valence-corrected chi connectivity index (χ4v) is 1.86. The quantitative estimate of drug-likeness (QED) is 0.633. The van der Waals surface area contributed by atoms with E-state index in [1.165, 1.54) is 16.7 Å². The number of hydrogen-bond acceptors (Lipinski definition) is 0. The van der Waals surface area contributed by atoms with Crippen LogP contribution >= 0.6 is 0 Å². The Morgan fingerprint density at radius 3 is 2.56 bits per heavy atom. The van der Waals surface area contributed by atoms with Gasteiger partial charge < -0.3 is 0 Å². The lowest BCUT2D eigenvalue weighted by Crippen LogP contribution is -2.12. The van der Waals surface area contributed by atoms with Gasteiger partial charge in [-0.25, -0.2) is 0 Å². The molecule has 0 N–H and O–H groups in total. The van der Waals surface area contributed by atoms with Crippen molar-refractivity contribution in [2.24, 2.45) is 5.41 Å². The second-order valence-corrected chi connectivity index (χ2v) is 5.02. The highest BCUT2D eigenvalue weighted by Gasteiger charge is 2.15. The van der Waals surface area contributed by atoms with E-state index in [0.29, 0.717) is 0 Å². The molecule has 1 aromatic rings. The molecule has 0 heterocycles. The molecular formula is C16H22. The number of benzene rings is 1. The lowest BCUT2D eigenvalue weighted by Gasteiger charge is -2.21. The van der Waals surface area contributed by atoms with E-state index in [9.17, 15) is 0 Å². The molecule has 0 spiro atoms. The molecule has 0 nitrogen and oxygen atoms in total. The van der Waals surface area contributed by atoms with E-state index in [2.05, 4.69) is 64.6 Å². The molecule has 0 atom stereocenters. The molecule has 86 valence electrons. The van der Waals surface area contributed by atoms with Gasteiger partial charge >= 0.3 is 0 Å². The maximum Gasteiger partial charge on any atom is -0.0137 e. The van der Waals surface area contributed by atoms with Crippen molar-refractivity contribution in [3.8, 4) is 0 Å². The van der Waals surface area contributed by atoms with Gasteiger partial charge in [-0.15, -0.1) is 6.58 Å². The van der Waals surface area contributed by atoms with Gasteiger partial charge in [0.2, 0.25) is 0 Å². The lowest BCUT2D eigenvalue weighted by atomic mass is 9.83. The van der Waals surface area contributed by atoms with Gasteiger partial charge in [0.25, 0.3) is 0 Å². The average Bonchev–Trinajstić information content (AvgIpc) is 2.23. The molecule has 0 aliphatic carbocycles. The first-order chi connectivity index (χ1) is 7.50. The van der Waals surface area contributed by atoms with Crippen LogP contribution in [0.1, 0.15) is 37.5 Å². The Morgan fingerprint density at radius 1 is 1.31 bits per heavy atom. The van der Waals surface area contributed by atoms with E-state index < -0.39 is 0 Å². The van der Waals surface area contributed by atoms with Crippen LogP contribution in [-0.4, -0.2) is 0 Å². The third kappa shape index (κ3) is 3.10. The van der Waals surface area contributed by atoms with Crippen LogP contribution in [0.2, 0.25) is 0 Å². The van der Waals surface area contributed by atoms with Crippen LogP contribution in [0, 0.1) is 12.3 Å². The second kappa shape index (κ2) is 5.16. The first kappa shape index (κ1) is 12.8. The summed E-state index contributed by atoms with van der Waals surface area (Å²) in [6.45, 7) is 12.6. The number of rotatable bonds is 4. The van der Waals surface area contributed by atoms with Crippen LogP contribution < -0.4 is 0 Å². The van der Waals surface area contributed by atoms with E-state index in [1.54, 1.807) is 0 Å². The summed E-state index contributed by atoms with van der Waals surface area (Å²) in [7, 11) is 0. The van der Waals surface area contributed by atoms with Crippen molar-refractivity contribution in [3.63, 3.8) is 0 Å². The molecule has 0 unspecified atom stereocenters. The molecule has 0 amide bonds. The Hall–Kier alpha value is -1.30. The maximum atomic E-state index is 3.91. The molecule has 0 aliphatic rings. The Balaban J connectivity index is 3.13. The van der Waals surface area contributed by atoms with Gasteiger partial charge in [0.05, 0.1) is 0 Å². The van der Waals surface area contributed by atoms with Gasteiger partial charge in [-0.3, -0.25) is 0 Å². The van der Waals surface area contributed by atoms with Crippen LogP contribution in [0.3, 0.4) is 0 Å². The molecule has 0 aromatic heterocycles. The molecule has 0 saturated heterocycles. The summed E-state index contributed by atoms with van der Waals surface area (Å²) in [6, 6.07) is 6.52. The standard InChI is InChI=1S/C16H22/c1-6-9-15-13(3)10-8-11-14(15)12-16(4,5)7-2/h6-11H,2,12H2,1,3-5H3/b9-6-. The van der Waals surface area contributed by atoms with E-state index in [1.807, 2.05) is 6.08 Å². The minimum absolute atomic E-state index is 0.157. The van der Waals surface area contributed by atoms with Crippen molar-refractivity contribution in [2.75, 3.05) is 0 Å². The van der Waals surface area contributed by atoms with E-state index in [-0.39, 0.29) is 5.41 Å². The van der Waals surface area contributed by atoms with Gasteiger partial charge in [0.1, 0.15) is 0 Å². The van der Waals surface area contributed by atoms with Crippen molar-refractivity contribution < 1.29 is 0 Å². The van der Waals surface area contributed by atoms with Crippen LogP contribution in [-0.2, 0) is 6.42 Å². The van der Waals surface area contributed by atoms with Crippen molar-refractivity contribution in [3.05, 3.63) is 53.6 Å². The van der Waals surface area contributed by atoms with Gasteiger partial charge in [-0.1, -0.05) is 50.3 Å². The summed E-state index contributed by atoms with van der Waals surface area (Å²) in [5.41, 5.74) is 4.27. The molecule has 0 radical (unpaired) electrons. The largest absolute Gasteiger partial charge is 0.103 e. The zero-order valence-electron chi connectivity index (χ0n) is 10.9. The second-order valence-electron chi connectivity index (χ2n) is 5.02. The molecule has 0 aliphatic heterocycles. The predicted molar refractivity (Wildman–Crippen MR) is 73.6 cm³/mol. The van der Waals surface area contributed by atoms with Gasteiger partial charge in [-0.05, 0) is 42.4 Å². The first-order valence-corrected chi connectivity index (χ1v) is 5.85. The van der Waals surface area contributed by atoms with E-state index in [4.69, 9.17) is 0 Å². The Labute approximate surface area is 99.7 Å². The number of hydrogen-bond donors (Lipinski definition) is 0. The summed E-state index contributed by atoms with van der Waals surface area (Å²) in [5, 5.41) is 0. The van der Waals surface area contributed by atoms with Crippen molar-refractivity contribution in [1.82, 2.24) is 0 Å². The molecule has 0 bridgehead atoms. The summed E-state index contributed by atoms with van der Waals surface area (Å²) >= 11 is 0. The Kier molecular flexibility index (Phi) is 4.12. The smallest absolute Gasteiger partial charge is 0.0137 e. The zero-order valence-corrected chi connectivity index (χ0v) is 10.9. The normalized spacial score (nSPS) is 12.0. The zero-order chi connectivity index (χ0) is 12.2. The molecule has 16 heavy (non-hydrogen) atoms. The van der Waals surface area contributed by atoms with Crippen LogP contribution in [0.5, 0.6) is 0 Å². The number of aryl methyl sites for hydroxylation is 1. The lowest BCUT2D eigenvalue weighted by molar-refractivity contribution is 0.478. The van der Waals surface area contributed by atoms with Crippen molar-refractivity contribution in [1.29, 1.82) is 0 Å². The molecule has 1 rings (SSSR count). The fraction of sp³-hybridized carbons (Fsp3) is 0.375. The highest BCUT2D eigenvalue weighted by atomic mass is 14.2. The van der Waals surface area contributed by atoms with E-state index >= 15 is 0 Å². The monoisotopic (exact) mass is 214 g/mol. The van der Waals surface area contributed by atoms with Gasteiger partial charge in [0, 0.05) is 0 Å².